The van der Waals surface area contributed by atoms with Gasteiger partial charge in [0.2, 0.25) is 6.71 Å². The third kappa shape index (κ3) is 6.07. The predicted octanol–water partition coefficient (Wildman–Crippen LogP) is 14.8. The molecule has 5 nitrogen and oxygen atoms in total. The highest BCUT2D eigenvalue weighted by Crippen LogP contribution is 2.53. The summed E-state index contributed by atoms with van der Waals surface area (Å²) in [7, 11) is 0. The molecule has 362 valence electrons. The van der Waals surface area contributed by atoms with E-state index in [1.165, 1.54) is 81.7 Å². The number of hydrogen-bond donors (Lipinski definition) is 0. The average Bonchev–Trinajstić information content (AvgIpc) is 4.16. The molecule has 16 rings (SSSR count). The lowest BCUT2D eigenvalue weighted by atomic mass is 9.30. The quantitative estimate of drug-likeness (QED) is 0.164. The SMILES string of the molecule is CC(C)(C)c1ccc(-c2ccccc2N2c3cc4c(cc3B3c5ccccc5Sc5c3c2cc2oc3ccccc3c52)B2c3ccccc3N(c3ccccc3)c3c2c(cc2oc5ccccc5c32)N4C(C)(C)C)cc1. The molecule has 12 aromatic rings. The molecule has 10 aromatic carbocycles. The standard InChI is InChI=1S/C68H51B2N3O2S/c1-67(2,3)41-34-32-40(33-35-41)43-22-10-15-27-50(43)72-52-37-53-49(36-48(52)70-47-26-14-19-31-60(47)76-66-62-45-24-12-18-30-57(45)75-59(62)38-54(72)64(66)70)69-46-25-13-16-28-51(46)71(42-20-8-7-9-21-42)65-61-44-23-11-17-29-56(44)74-58(61)39-55(63(65)69)73(53)68(4,5)6/h7-39H,1-6H3. The van der Waals surface area contributed by atoms with E-state index in [1.807, 2.05) is 11.8 Å². The summed E-state index contributed by atoms with van der Waals surface area (Å²) in [5.74, 6) is 0. The van der Waals surface area contributed by atoms with E-state index in [1.54, 1.807) is 0 Å². The Kier molecular flexibility index (Phi) is 9.05. The van der Waals surface area contributed by atoms with E-state index < -0.39 is 0 Å². The van der Waals surface area contributed by atoms with E-state index >= 15 is 0 Å². The second kappa shape index (κ2) is 15.6. The molecule has 4 aliphatic heterocycles. The maximum atomic E-state index is 6.99. The number of hydrogen-bond acceptors (Lipinski definition) is 6. The molecule has 0 spiro atoms. The normalized spacial score (nSPS) is 14.3. The zero-order valence-corrected chi connectivity index (χ0v) is 44.1. The summed E-state index contributed by atoms with van der Waals surface area (Å²) >= 11 is 1.90. The Morgan fingerprint density at radius 1 is 0.421 bits per heavy atom. The first-order chi connectivity index (χ1) is 37.0. The van der Waals surface area contributed by atoms with Crippen LogP contribution in [0.1, 0.15) is 47.1 Å². The van der Waals surface area contributed by atoms with Gasteiger partial charge in [0.05, 0.1) is 16.8 Å². The van der Waals surface area contributed by atoms with Crippen LogP contribution in [0.4, 0.5) is 45.5 Å². The molecule has 6 heterocycles. The van der Waals surface area contributed by atoms with Crippen molar-refractivity contribution in [2.45, 2.75) is 62.3 Å². The Morgan fingerprint density at radius 3 is 1.75 bits per heavy atom. The average molecular weight is 996 g/mol. The molecule has 0 N–H and O–H groups in total. The molecule has 8 heteroatoms. The Bertz CT molecular complexity index is 4450. The van der Waals surface area contributed by atoms with Gasteiger partial charge in [0.25, 0.3) is 6.71 Å². The monoisotopic (exact) mass is 995 g/mol. The van der Waals surface area contributed by atoms with Crippen molar-refractivity contribution in [2.24, 2.45) is 0 Å². The lowest BCUT2D eigenvalue weighted by Gasteiger charge is -2.49. The number of fused-ring (bicyclic) bond motifs is 16. The van der Waals surface area contributed by atoms with Crippen LogP contribution in [-0.4, -0.2) is 19.0 Å². The summed E-state index contributed by atoms with van der Waals surface area (Å²) in [6.45, 7) is 13.8. The lowest BCUT2D eigenvalue weighted by molar-refractivity contribution is 0.561. The molecule has 0 atom stereocenters. The lowest BCUT2D eigenvalue weighted by Crippen LogP contribution is -2.66. The second-order valence-corrected chi connectivity index (χ2v) is 24.2. The fraction of sp³-hybridized carbons (Fsp3) is 0.118. The van der Waals surface area contributed by atoms with Gasteiger partial charge in [0.15, 0.2) is 0 Å². The van der Waals surface area contributed by atoms with Gasteiger partial charge in [0, 0.05) is 83.3 Å². The molecule has 0 fully saturated rings. The largest absolute Gasteiger partial charge is 0.456 e. The number of para-hydroxylation sites is 5. The van der Waals surface area contributed by atoms with E-state index in [0.717, 1.165) is 66.9 Å². The first-order valence-corrected chi connectivity index (χ1v) is 27.5. The summed E-state index contributed by atoms with van der Waals surface area (Å²) < 4.78 is 13.9. The number of furan rings is 2. The third-order valence-corrected chi connectivity index (χ3v) is 17.9. The van der Waals surface area contributed by atoms with Gasteiger partial charge in [-0.15, -0.1) is 0 Å². The van der Waals surface area contributed by atoms with Crippen LogP contribution in [0.2, 0.25) is 0 Å². The molecule has 0 radical (unpaired) electrons. The van der Waals surface area contributed by atoms with Crippen molar-refractivity contribution in [2.75, 3.05) is 14.7 Å². The third-order valence-electron chi connectivity index (χ3n) is 16.7. The Morgan fingerprint density at radius 2 is 1.01 bits per heavy atom. The number of nitrogens with zero attached hydrogens (tertiary/aromatic N) is 3. The van der Waals surface area contributed by atoms with Crippen molar-refractivity contribution in [3.63, 3.8) is 0 Å². The van der Waals surface area contributed by atoms with Crippen LogP contribution in [0.5, 0.6) is 0 Å². The molecule has 0 saturated carbocycles. The van der Waals surface area contributed by atoms with Crippen molar-refractivity contribution in [3.05, 3.63) is 206 Å². The zero-order valence-electron chi connectivity index (χ0n) is 43.3. The number of benzene rings is 10. The smallest absolute Gasteiger partial charge is 0.252 e. The molecule has 0 unspecified atom stereocenters. The molecule has 0 aliphatic carbocycles. The highest BCUT2D eigenvalue weighted by atomic mass is 32.2. The van der Waals surface area contributed by atoms with Gasteiger partial charge >= 0.3 is 0 Å². The van der Waals surface area contributed by atoms with Crippen molar-refractivity contribution >= 4 is 147 Å². The maximum absolute atomic E-state index is 6.99. The Hall–Kier alpha value is -8.32. The van der Waals surface area contributed by atoms with Crippen LogP contribution >= 0.6 is 11.8 Å². The van der Waals surface area contributed by atoms with Crippen molar-refractivity contribution in [1.29, 1.82) is 0 Å². The Labute approximate surface area is 447 Å². The van der Waals surface area contributed by atoms with E-state index in [0.29, 0.717) is 0 Å². The first kappa shape index (κ1) is 44.0. The topological polar surface area (TPSA) is 36.0 Å². The number of rotatable bonds is 3. The van der Waals surface area contributed by atoms with Crippen molar-refractivity contribution < 1.29 is 8.83 Å². The second-order valence-electron chi connectivity index (χ2n) is 23.1. The van der Waals surface area contributed by atoms with Crippen molar-refractivity contribution in [3.8, 4) is 11.1 Å². The van der Waals surface area contributed by atoms with Crippen LogP contribution < -0.4 is 47.5 Å². The molecule has 0 amide bonds. The van der Waals surface area contributed by atoms with Gasteiger partial charge < -0.3 is 23.5 Å². The summed E-state index contributed by atoms with van der Waals surface area (Å²) in [6.07, 6.45) is 0. The molecule has 0 saturated heterocycles. The van der Waals surface area contributed by atoms with Gasteiger partial charge in [0.1, 0.15) is 22.3 Å². The predicted molar refractivity (Wildman–Crippen MR) is 323 cm³/mol. The van der Waals surface area contributed by atoms with Gasteiger partial charge in [-0.3, -0.25) is 0 Å². The van der Waals surface area contributed by atoms with Crippen LogP contribution in [0, 0.1) is 0 Å². The minimum absolute atomic E-state index is 0.0279. The molecule has 76 heavy (non-hydrogen) atoms. The van der Waals surface area contributed by atoms with Gasteiger partial charge in [-0.2, -0.15) is 0 Å². The molecular weight excluding hydrogens is 944 g/mol. The highest BCUT2D eigenvalue weighted by molar-refractivity contribution is 8.00. The zero-order chi connectivity index (χ0) is 50.9. The fourth-order valence-electron chi connectivity index (χ4n) is 13.5. The van der Waals surface area contributed by atoms with Crippen LogP contribution in [-0.2, 0) is 5.41 Å². The van der Waals surface area contributed by atoms with Crippen LogP contribution in [0.25, 0.3) is 55.0 Å². The minimum atomic E-state index is -0.373. The first-order valence-electron chi connectivity index (χ1n) is 26.6. The minimum Gasteiger partial charge on any atom is -0.456 e. The van der Waals surface area contributed by atoms with E-state index in [2.05, 4.69) is 256 Å². The summed E-state index contributed by atoms with van der Waals surface area (Å²) in [6, 6.07) is 74.5. The molecule has 4 aliphatic rings. The summed E-state index contributed by atoms with van der Waals surface area (Å²) in [5.41, 5.74) is 24.0. The van der Waals surface area contributed by atoms with Crippen molar-refractivity contribution in [1.82, 2.24) is 0 Å². The molecule has 0 bridgehead atoms. The fourth-order valence-corrected chi connectivity index (χ4v) is 14.9. The van der Waals surface area contributed by atoms with E-state index in [9.17, 15) is 0 Å². The van der Waals surface area contributed by atoms with E-state index in [-0.39, 0.29) is 24.4 Å². The summed E-state index contributed by atoms with van der Waals surface area (Å²) in [4.78, 5) is 10.3. The van der Waals surface area contributed by atoms with Gasteiger partial charge in [-0.05, 0) is 113 Å². The Balaban J connectivity index is 1.05. The van der Waals surface area contributed by atoms with Gasteiger partial charge in [-0.1, -0.05) is 178 Å². The molecular formula is C68H51B2N3O2S. The number of anilines is 8. The maximum Gasteiger partial charge on any atom is 0.252 e. The van der Waals surface area contributed by atoms with Crippen LogP contribution in [0.3, 0.4) is 0 Å². The molecule has 2 aromatic heterocycles. The van der Waals surface area contributed by atoms with Crippen LogP contribution in [0.15, 0.2) is 219 Å². The van der Waals surface area contributed by atoms with E-state index in [4.69, 9.17) is 8.83 Å². The highest BCUT2D eigenvalue weighted by Gasteiger charge is 2.50. The summed E-state index contributed by atoms with van der Waals surface area (Å²) in [5, 5.41) is 4.59. The van der Waals surface area contributed by atoms with Gasteiger partial charge in [-0.25, -0.2) is 0 Å².